The second-order valence-corrected chi connectivity index (χ2v) is 15.9. The van der Waals surface area contributed by atoms with Crippen LogP contribution in [0.1, 0.15) is 32.1 Å². The van der Waals surface area contributed by atoms with Crippen LogP contribution in [0.3, 0.4) is 0 Å². The molecular weight excluding hydrogens is 296 g/mol. The molecule has 0 amide bonds. The molecule has 2 aliphatic rings. The van der Waals surface area contributed by atoms with E-state index >= 15 is 0 Å². The lowest BCUT2D eigenvalue weighted by Crippen LogP contribution is -2.55. The Bertz CT molecular complexity index is 261. The van der Waals surface area contributed by atoms with E-state index in [1.165, 1.54) is 32.1 Å². The summed E-state index contributed by atoms with van der Waals surface area (Å²) in [6, 6.07) is 0. The van der Waals surface area contributed by atoms with Crippen LogP contribution in [0.2, 0.25) is 31.7 Å². The molecule has 2 rings (SSSR count). The molecule has 106 valence electrons. The van der Waals surface area contributed by atoms with Crippen molar-refractivity contribution in [1.82, 2.24) is 0 Å². The van der Waals surface area contributed by atoms with Crippen molar-refractivity contribution in [3.05, 3.63) is 0 Å². The fraction of sp³-hybridized carbons (Fsp3) is 1.00. The monoisotopic (exact) mass is 322 g/mol. The maximum atomic E-state index is 6.38. The molecule has 0 N–H and O–H groups in total. The molecule has 0 aromatic rings. The zero-order valence-corrected chi connectivity index (χ0v) is 16.4. The summed E-state index contributed by atoms with van der Waals surface area (Å²) >= 11 is 0. The minimum atomic E-state index is -2.08. The average Bonchev–Trinajstić information content (AvgIpc) is 2.27. The summed E-state index contributed by atoms with van der Waals surface area (Å²) in [5.74, 6) is 0. The highest BCUT2D eigenvalue weighted by atomic mass is 28.5. The van der Waals surface area contributed by atoms with Crippen molar-refractivity contribution in [1.29, 1.82) is 0 Å². The smallest absolute Gasteiger partial charge is 0.320 e. The Kier molecular flexibility index (Phi) is 5.40. The molecule has 0 aromatic heterocycles. The predicted octanol–water partition coefficient (Wildman–Crippen LogP) is 2.02. The average molecular weight is 323 g/mol. The standard InChI is InChI=1S/C10H26O4Si4/c1-15-11-16(2)13-18(4,14-17(3)12-15)10-8-6-5-7-9-10/h10,15-17H,5-9H2,1-4H3. The van der Waals surface area contributed by atoms with Crippen LogP contribution >= 0.6 is 0 Å². The molecule has 1 aliphatic heterocycles. The summed E-state index contributed by atoms with van der Waals surface area (Å²) in [7, 11) is -6.68. The molecule has 0 spiro atoms. The van der Waals surface area contributed by atoms with Crippen molar-refractivity contribution in [2.45, 2.75) is 63.8 Å². The molecule has 2 atom stereocenters. The van der Waals surface area contributed by atoms with E-state index in [2.05, 4.69) is 26.2 Å². The summed E-state index contributed by atoms with van der Waals surface area (Å²) < 4.78 is 24.7. The minimum Gasteiger partial charge on any atom is -0.420 e. The minimum absolute atomic E-state index is 0.651. The van der Waals surface area contributed by atoms with E-state index in [-0.39, 0.29) is 0 Å². The normalized spacial score (nSPS) is 44.3. The fourth-order valence-corrected chi connectivity index (χ4v) is 18.7. The first-order chi connectivity index (χ1) is 8.49. The van der Waals surface area contributed by atoms with Gasteiger partial charge in [-0.2, -0.15) is 0 Å². The van der Waals surface area contributed by atoms with E-state index in [1.807, 2.05) is 0 Å². The Morgan fingerprint density at radius 1 is 0.833 bits per heavy atom. The van der Waals surface area contributed by atoms with Gasteiger partial charge in [-0.15, -0.1) is 0 Å². The van der Waals surface area contributed by atoms with Crippen LogP contribution in [0, 0.1) is 0 Å². The first-order valence-electron chi connectivity index (χ1n) is 7.16. The van der Waals surface area contributed by atoms with Gasteiger partial charge in [0.05, 0.1) is 0 Å². The van der Waals surface area contributed by atoms with Crippen LogP contribution in [0.15, 0.2) is 0 Å². The van der Waals surface area contributed by atoms with E-state index in [0.717, 1.165) is 0 Å². The van der Waals surface area contributed by atoms with Gasteiger partial charge in [0.1, 0.15) is 0 Å². The summed E-state index contributed by atoms with van der Waals surface area (Å²) in [5, 5.41) is 0. The zero-order chi connectivity index (χ0) is 13.2. The lowest BCUT2D eigenvalue weighted by Gasteiger charge is -2.42. The second kappa shape index (κ2) is 6.44. The maximum Gasteiger partial charge on any atom is 0.320 e. The highest BCUT2D eigenvalue weighted by molar-refractivity contribution is 6.81. The second-order valence-electron chi connectivity index (χ2n) is 5.56. The molecule has 0 aromatic carbocycles. The van der Waals surface area contributed by atoms with Crippen LogP contribution in [-0.2, 0) is 16.5 Å². The Labute approximate surface area is 117 Å². The summed E-state index contributed by atoms with van der Waals surface area (Å²) in [4.78, 5) is 0. The van der Waals surface area contributed by atoms with Crippen molar-refractivity contribution in [2.75, 3.05) is 0 Å². The molecule has 1 aliphatic carbocycles. The molecule has 1 heterocycles. The van der Waals surface area contributed by atoms with E-state index in [0.29, 0.717) is 5.54 Å². The van der Waals surface area contributed by atoms with Crippen molar-refractivity contribution in [3.8, 4) is 0 Å². The quantitative estimate of drug-likeness (QED) is 0.692. The molecule has 4 nitrogen and oxygen atoms in total. The van der Waals surface area contributed by atoms with Gasteiger partial charge >= 0.3 is 8.56 Å². The Hall–Kier alpha value is 0.708. The molecule has 2 unspecified atom stereocenters. The molecular formula is C10H26O4Si4. The summed E-state index contributed by atoms with van der Waals surface area (Å²) in [5.41, 5.74) is 0.651. The van der Waals surface area contributed by atoms with E-state index in [4.69, 9.17) is 16.5 Å². The molecule has 0 bridgehead atoms. The van der Waals surface area contributed by atoms with Gasteiger partial charge in [-0.3, -0.25) is 0 Å². The SMILES string of the molecule is C[SiH]1O[SiH](C)O[Si](C)(C2CCCCC2)O[SiH](C)O1. The highest BCUT2D eigenvalue weighted by Crippen LogP contribution is 2.39. The first-order valence-corrected chi connectivity index (χ1v) is 15.8. The largest absolute Gasteiger partial charge is 0.420 e. The Morgan fingerprint density at radius 3 is 1.83 bits per heavy atom. The molecule has 1 saturated carbocycles. The number of hydrogen-bond acceptors (Lipinski definition) is 4. The summed E-state index contributed by atoms with van der Waals surface area (Å²) in [6.45, 7) is 8.59. The zero-order valence-electron chi connectivity index (χ0n) is 12.0. The summed E-state index contributed by atoms with van der Waals surface area (Å²) in [6.07, 6.45) is 6.59. The maximum absolute atomic E-state index is 6.38. The van der Waals surface area contributed by atoms with Gasteiger partial charge in [0.25, 0.3) is 27.9 Å². The fourth-order valence-electron chi connectivity index (χ4n) is 3.13. The number of rotatable bonds is 1. The number of hydrogen-bond donors (Lipinski definition) is 0. The highest BCUT2D eigenvalue weighted by Gasteiger charge is 2.45. The molecule has 18 heavy (non-hydrogen) atoms. The van der Waals surface area contributed by atoms with Crippen LogP contribution < -0.4 is 0 Å². The van der Waals surface area contributed by atoms with Gasteiger partial charge in [0.2, 0.25) is 0 Å². The van der Waals surface area contributed by atoms with Crippen molar-refractivity contribution in [3.63, 3.8) is 0 Å². The molecule has 8 heteroatoms. The lowest BCUT2D eigenvalue weighted by molar-refractivity contribution is 0.256. The van der Waals surface area contributed by atoms with Gasteiger partial charge < -0.3 is 16.5 Å². The van der Waals surface area contributed by atoms with E-state index in [1.54, 1.807) is 0 Å². The molecule has 2 fully saturated rings. The third kappa shape index (κ3) is 3.85. The van der Waals surface area contributed by atoms with Crippen LogP contribution in [0.5, 0.6) is 0 Å². The lowest BCUT2D eigenvalue weighted by atomic mass is 10.0. The van der Waals surface area contributed by atoms with Crippen molar-refractivity contribution < 1.29 is 16.5 Å². The van der Waals surface area contributed by atoms with Crippen LogP contribution in [0.25, 0.3) is 0 Å². The van der Waals surface area contributed by atoms with Crippen LogP contribution in [0.4, 0.5) is 0 Å². The van der Waals surface area contributed by atoms with Crippen molar-refractivity contribution >= 4 is 36.4 Å². The van der Waals surface area contributed by atoms with E-state index < -0.39 is 36.4 Å². The van der Waals surface area contributed by atoms with Crippen LogP contribution in [-0.4, -0.2) is 36.4 Å². The van der Waals surface area contributed by atoms with Crippen molar-refractivity contribution in [2.24, 2.45) is 0 Å². The van der Waals surface area contributed by atoms with Gasteiger partial charge in [-0.25, -0.2) is 0 Å². The van der Waals surface area contributed by atoms with Gasteiger partial charge in [-0.1, -0.05) is 19.3 Å². The topological polar surface area (TPSA) is 36.9 Å². The predicted molar refractivity (Wildman–Crippen MR) is 81.8 cm³/mol. The van der Waals surface area contributed by atoms with E-state index in [9.17, 15) is 0 Å². The Morgan fingerprint density at radius 2 is 1.33 bits per heavy atom. The molecule has 1 saturated heterocycles. The van der Waals surface area contributed by atoms with Gasteiger partial charge in [-0.05, 0) is 39.0 Å². The molecule has 0 radical (unpaired) electrons. The first kappa shape index (κ1) is 15.1. The third-order valence-corrected chi connectivity index (χ3v) is 18.5. The Balaban J connectivity index is 2.07. The van der Waals surface area contributed by atoms with Gasteiger partial charge in [0, 0.05) is 5.54 Å². The third-order valence-electron chi connectivity index (χ3n) is 3.91. The van der Waals surface area contributed by atoms with Gasteiger partial charge in [0.15, 0.2) is 0 Å².